The van der Waals surface area contributed by atoms with Crippen LogP contribution in [0.1, 0.15) is 111 Å². The van der Waals surface area contributed by atoms with Gasteiger partial charge in [0.1, 0.15) is 6.79 Å². The van der Waals surface area contributed by atoms with Crippen molar-refractivity contribution in [3.63, 3.8) is 0 Å². The van der Waals surface area contributed by atoms with E-state index in [2.05, 4.69) is 42.0 Å². The fraction of sp³-hybridized carbons (Fsp3) is 0.909. The molecule has 7 atom stereocenters. The molecule has 4 aliphatic rings. The van der Waals surface area contributed by atoms with E-state index in [9.17, 15) is 19.5 Å². The average molecular weight is 607 g/mol. The zero-order valence-electron chi connectivity index (χ0n) is 26.8. The average Bonchev–Trinajstić information content (AvgIpc) is 3.44. The predicted molar refractivity (Wildman–Crippen MR) is 165 cm³/mol. The number of amides is 2. The topological polar surface area (TPSA) is 138 Å². The molecule has 0 aromatic heterocycles. The minimum atomic E-state index is -0.938. The second kappa shape index (κ2) is 17.1. The van der Waals surface area contributed by atoms with E-state index in [4.69, 9.17) is 9.47 Å². The minimum absolute atomic E-state index is 0.0107. The molecule has 0 aromatic carbocycles. The van der Waals surface area contributed by atoms with E-state index in [1.807, 2.05) is 0 Å². The predicted octanol–water partition coefficient (Wildman–Crippen LogP) is 3.93. The second-order valence-electron chi connectivity index (χ2n) is 14.3. The van der Waals surface area contributed by atoms with Crippen molar-refractivity contribution in [2.45, 2.75) is 141 Å². The van der Waals surface area contributed by atoms with Crippen molar-refractivity contribution < 1.29 is 29.0 Å². The van der Waals surface area contributed by atoms with Gasteiger partial charge in [-0.15, -0.1) is 0 Å². The van der Waals surface area contributed by atoms with Crippen LogP contribution in [0, 0.1) is 29.6 Å². The molecule has 2 amide bonds. The smallest absolute Gasteiger partial charge is 0.305 e. The number of carboxylic acid groups (broad SMARTS) is 1. The van der Waals surface area contributed by atoms with Crippen LogP contribution in [0.2, 0.25) is 0 Å². The first-order valence-corrected chi connectivity index (χ1v) is 17.2. The molecule has 0 spiro atoms. The number of hydrogen-bond acceptors (Lipinski definition) is 7. The third-order valence-electron chi connectivity index (χ3n) is 10.5. The van der Waals surface area contributed by atoms with Gasteiger partial charge in [0, 0.05) is 43.7 Å². The van der Waals surface area contributed by atoms with Crippen LogP contribution in [0.4, 0.5) is 0 Å². The zero-order valence-corrected chi connectivity index (χ0v) is 26.8. The van der Waals surface area contributed by atoms with Gasteiger partial charge in [0.2, 0.25) is 11.8 Å². The van der Waals surface area contributed by atoms with Crippen LogP contribution in [0.3, 0.4) is 0 Å². The summed E-state index contributed by atoms with van der Waals surface area (Å²) in [6.07, 6.45) is 12.5. The first-order valence-electron chi connectivity index (χ1n) is 17.2. The maximum Gasteiger partial charge on any atom is 0.305 e. The van der Waals surface area contributed by atoms with Gasteiger partial charge < -0.3 is 35.8 Å². The Morgan fingerprint density at radius 1 is 0.884 bits per heavy atom. The molecule has 10 heteroatoms. The Kier molecular flexibility index (Phi) is 13.6. The first kappa shape index (κ1) is 34.1. The van der Waals surface area contributed by atoms with Crippen LogP contribution < -0.4 is 21.3 Å². The normalized spacial score (nSPS) is 32.5. The number of nitrogens with one attached hydrogen (secondary N) is 4. The lowest BCUT2D eigenvalue weighted by molar-refractivity contribution is -0.139. The number of hydrogen-bond donors (Lipinski definition) is 5. The highest BCUT2D eigenvalue weighted by Gasteiger charge is 2.40. The van der Waals surface area contributed by atoms with E-state index in [0.29, 0.717) is 37.4 Å². The Labute approximate surface area is 258 Å². The quantitative estimate of drug-likeness (QED) is 0.177. The molecule has 246 valence electrons. The minimum Gasteiger partial charge on any atom is -0.481 e. The Balaban J connectivity index is 1.19. The van der Waals surface area contributed by atoms with E-state index in [-0.39, 0.29) is 55.5 Å². The molecule has 43 heavy (non-hydrogen) atoms. The summed E-state index contributed by atoms with van der Waals surface area (Å²) in [7, 11) is 0. The molecule has 4 rings (SSSR count). The van der Waals surface area contributed by atoms with Crippen LogP contribution in [-0.4, -0.2) is 73.2 Å². The number of ether oxygens (including phenoxy) is 2. The largest absolute Gasteiger partial charge is 0.481 e. The van der Waals surface area contributed by atoms with Crippen LogP contribution in [0.5, 0.6) is 0 Å². The van der Waals surface area contributed by atoms with Gasteiger partial charge in [0.25, 0.3) is 0 Å². The molecule has 3 aliphatic carbocycles. The van der Waals surface area contributed by atoms with Crippen molar-refractivity contribution in [3.05, 3.63) is 0 Å². The van der Waals surface area contributed by atoms with Gasteiger partial charge in [-0.1, -0.05) is 33.6 Å². The van der Waals surface area contributed by atoms with Crippen molar-refractivity contribution in [2.75, 3.05) is 20.0 Å². The van der Waals surface area contributed by atoms with Crippen LogP contribution in [0.15, 0.2) is 0 Å². The van der Waals surface area contributed by atoms with E-state index in [1.54, 1.807) is 0 Å². The lowest BCUT2D eigenvalue weighted by atomic mass is 9.79. The molecule has 3 saturated carbocycles. The molecule has 7 unspecified atom stereocenters. The highest BCUT2D eigenvalue weighted by Crippen LogP contribution is 2.35. The fourth-order valence-corrected chi connectivity index (χ4v) is 7.86. The van der Waals surface area contributed by atoms with E-state index < -0.39 is 17.9 Å². The van der Waals surface area contributed by atoms with E-state index in [0.717, 1.165) is 51.1 Å². The van der Waals surface area contributed by atoms with Crippen molar-refractivity contribution in [3.8, 4) is 0 Å². The van der Waals surface area contributed by atoms with Crippen molar-refractivity contribution >= 4 is 17.8 Å². The molecule has 1 aliphatic heterocycles. The summed E-state index contributed by atoms with van der Waals surface area (Å²) in [5.74, 6) is -0.196. The highest BCUT2D eigenvalue weighted by molar-refractivity contribution is 5.86. The summed E-state index contributed by atoms with van der Waals surface area (Å²) in [4.78, 5) is 38.1. The lowest BCUT2D eigenvalue weighted by Gasteiger charge is -2.35. The molecule has 4 fully saturated rings. The monoisotopic (exact) mass is 606 g/mol. The van der Waals surface area contributed by atoms with E-state index in [1.165, 1.54) is 25.7 Å². The molecule has 0 bridgehead atoms. The molecule has 5 N–H and O–H groups in total. The summed E-state index contributed by atoms with van der Waals surface area (Å²) in [5, 5.41) is 23.1. The van der Waals surface area contributed by atoms with Gasteiger partial charge in [-0.3, -0.25) is 14.4 Å². The number of carboxylic acids is 1. The highest BCUT2D eigenvalue weighted by atomic mass is 16.7. The van der Waals surface area contributed by atoms with Gasteiger partial charge in [0.05, 0.1) is 18.6 Å². The Bertz CT molecular complexity index is 895. The van der Waals surface area contributed by atoms with Crippen LogP contribution in [0.25, 0.3) is 0 Å². The molecular weight excluding hydrogens is 548 g/mol. The summed E-state index contributed by atoms with van der Waals surface area (Å²) in [6.45, 7) is 8.28. The summed E-state index contributed by atoms with van der Waals surface area (Å²) in [5.41, 5.74) is 0. The van der Waals surface area contributed by atoms with Gasteiger partial charge in [-0.05, 0) is 87.9 Å². The molecule has 0 radical (unpaired) electrons. The Hall–Kier alpha value is -1.75. The van der Waals surface area contributed by atoms with Gasteiger partial charge >= 0.3 is 5.97 Å². The Morgan fingerprint density at radius 2 is 1.63 bits per heavy atom. The molecule has 10 nitrogen and oxygen atoms in total. The standard InChI is InChI=1S/C33H58N4O6/c1-21(2)14-25(16-31(38)37-28(17-32(39)40)24-10-13-29-30(15-24)43-20-42-29)33(41)34-18-23-8-11-26(12-9-23)35-19-36-27-7-5-4-6-22(27)3/h21-30,35-36H,4-20H2,1-3H3,(H,34,41)(H,37,38)(H,39,40). The third kappa shape index (κ3) is 11.0. The number of carbonyl (C=O) groups excluding carboxylic acids is 2. The molecular formula is C33H58N4O6. The Morgan fingerprint density at radius 3 is 2.35 bits per heavy atom. The summed E-state index contributed by atoms with van der Waals surface area (Å²) in [6, 6.07) is 0.675. The molecule has 1 heterocycles. The van der Waals surface area contributed by atoms with Crippen molar-refractivity contribution in [2.24, 2.45) is 29.6 Å². The third-order valence-corrected chi connectivity index (χ3v) is 10.5. The van der Waals surface area contributed by atoms with Gasteiger partial charge in [-0.25, -0.2) is 0 Å². The maximum absolute atomic E-state index is 13.3. The number of aliphatic carboxylic acids is 1. The SMILES string of the molecule is CC(C)CC(CC(=O)NC(CC(=O)O)C1CCC2OCOC2C1)C(=O)NCC1CCC(NCNC2CCCCC2C)CC1. The van der Waals surface area contributed by atoms with Crippen molar-refractivity contribution in [1.82, 2.24) is 21.3 Å². The first-order chi connectivity index (χ1) is 20.7. The van der Waals surface area contributed by atoms with Crippen LogP contribution >= 0.6 is 0 Å². The van der Waals surface area contributed by atoms with Gasteiger partial charge in [-0.2, -0.15) is 0 Å². The zero-order chi connectivity index (χ0) is 30.8. The molecule has 1 saturated heterocycles. The number of rotatable bonds is 15. The van der Waals surface area contributed by atoms with Crippen molar-refractivity contribution in [1.29, 1.82) is 0 Å². The molecule has 0 aromatic rings. The lowest BCUT2D eigenvalue weighted by Crippen LogP contribution is -2.47. The van der Waals surface area contributed by atoms with E-state index >= 15 is 0 Å². The fourth-order valence-electron chi connectivity index (χ4n) is 7.86. The maximum atomic E-state index is 13.3. The summed E-state index contributed by atoms with van der Waals surface area (Å²) < 4.78 is 11.3. The number of carbonyl (C=O) groups is 3. The van der Waals surface area contributed by atoms with Gasteiger partial charge in [0.15, 0.2) is 0 Å². The summed E-state index contributed by atoms with van der Waals surface area (Å²) >= 11 is 0. The van der Waals surface area contributed by atoms with Crippen LogP contribution in [-0.2, 0) is 23.9 Å². The second-order valence-corrected chi connectivity index (χ2v) is 14.3. The number of fused-ring (bicyclic) bond motifs is 1.